The van der Waals surface area contributed by atoms with Gasteiger partial charge in [0.2, 0.25) is 0 Å². The van der Waals surface area contributed by atoms with Gasteiger partial charge in [0.1, 0.15) is 5.75 Å². The molecule has 0 aromatic heterocycles. The zero-order valence-electron chi connectivity index (χ0n) is 12.7. The highest BCUT2D eigenvalue weighted by Gasteiger charge is 2.12. The van der Waals surface area contributed by atoms with Crippen LogP contribution in [0.2, 0.25) is 0 Å². The summed E-state index contributed by atoms with van der Waals surface area (Å²) in [5, 5.41) is 17.6. The second-order valence-corrected chi connectivity index (χ2v) is 4.64. The van der Waals surface area contributed by atoms with E-state index >= 15 is 0 Å². The summed E-state index contributed by atoms with van der Waals surface area (Å²) in [7, 11) is 1.25. The van der Waals surface area contributed by atoms with Crippen molar-refractivity contribution >= 4 is 23.6 Å². The Hall–Kier alpha value is -2.77. The largest absolute Gasteiger partial charge is 0.482 e. The number of carbonyl (C=O) groups is 3. The molecule has 0 fully saturated rings. The molecule has 0 atom stereocenters. The zero-order valence-corrected chi connectivity index (χ0v) is 12.7. The number of hydrogen-bond acceptors (Lipinski definition) is 6. The standard InChI is InChI=1S/C15H19NO7/c1-22-15(21)10-23-12-4-2-3-11(9-12)16(7-5-13(17)18)8-6-14(19)20/h2-4,9H,5-8,10H2,1H3,(H,17,18)(H,19,20). The molecular weight excluding hydrogens is 306 g/mol. The van der Waals surface area contributed by atoms with E-state index in [-0.39, 0.29) is 32.5 Å². The molecule has 8 nitrogen and oxygen atoms in total. The van der Waals surface area contributed by atoms with Gasteiger partial charge in [-0.25, -0.2) is 4.79 Å². The van der Waals surface area contributed by atoms with Crippen LogP contribution < -0.4 is 9.64 Å². The van der Waals surface area contributed by atoms with Crippen LogP contribution in [0.1, 0.15) is 12.8 Å². The monoisotopic (exact) mass is 325 g/mol. The lowest BCUT2D eigenvalue weighted by Crippen LogP contribution is -2.28. The molecule has 23 heavy (non-hydrogen) atoms. The summed E-state index contributed by atoms with van der Waals surface area (Å²) in [4.78, 5) is 34.2. The van der Waals surface area contributed by atoms with E-state index in [0.29, 0.717) is 11.4 Å². The van der Waals surface area contributed by atoms with Crippen molar-refractivity contribution in [2.75, 3.05) is 31.7 Å². The van der Waals surface area contributed by atoms with Crippen molar-refractivity contribution in [1.82, 2.24) is 0 Å². The molecule has 0 saturated heterocycles. The molecule has 0 aliphatic rings. The number of methoxy groups -OCH3 is 1. The van der Waals surface area contributed by atoms with Crippen LogP contribution in [0.5, 0.6) is 5.75 Å². The van der Waals surface area contributed by atoms with Crippen molar-refractivity contribution in [2.24, 2.45) is 0 Å². The predicted octanol–water partition coefficient (Wildman–Crippen LogP) is 0.994. The van der Waals surface area contributed by atoms with Gasteiger partial charge in [0, 0.05) is 24.8 Å². The number of carbonyl (C=O) groups excluding carboxylic acids is 1. The van der Waals surface area contributed by atoms with Crippen LogP contribution in [-0.4, -0.2) is 54.9 Å². The van der Waals surface area contributed by atoms with Gasteiger partial charge >= 0.3 is 17.9 Å². The van der Waals surface area contributed by atoms with Gasteiger partial charge in [-0.1, -0.05) is 6.07 Å². The van der Waals surface area contributed by atoms with Crippen LogP contribution in [0.15, 0.2) is 24.3 Å². The van der Waals surface area contributed by atoms with E-state index in [2.05, 4.69) is 4.74 Å². The molecule has 126 valence electrons. The van der Waals surface area contributed by atoms with E-state index in [0.717, 1.165) is 0 Å². The van der Waals surface area contributed by atoms with Crippen LogP contribution in [0.3, 0.4) is 0 Å². The van der Waals surface area contributed by atoms with Crippen LogP contribution in [0, 0.1) is 0 Å². The van der Waals surface area contributed by atoms with Crippen molar-refractivity contribution in [2.45, 2.75) is 12.8 Å². The van der Waals surface area contributed by atoms with Gasteiger partial charge < -0.3 is 24.6 Å². The zero-order chi connectivity index (χ0) is 17.2. The lowest BCUT2D eigenvalue weighted by Gasteiger charge is -2.24. The highest BCUT2D eigenvalue weighted by molar-refractivity contribution is 5.71. The maximum Gasteiger partial charge on any atom is 0.343 e. The smallest absolute Gasteiger partial charge is 0.343 e. The first-order valence-corrected chi connectivity index (χ1v) is 6.90. The molecule has 0 aliphatic heterocycles. The molecule has 0 bridgehead atoms. The molecule has 1 aromatic rings. The third-order valence-corrected chi connectivity index (χ3v) is 2.96. The lowest BCUT2D eigenvalue weighted by atomic mass is 10.2. The summed E-state index contributed by atoms with van der Waals surface area (Å²) in [6.07, 6.45) is -0.236. The van der Waals surface area contributed by atoms with Crippen molar-refractivity contribution < 1.29 is 34.1 Å². The van der Waals surface area contributed by atoms with Gasteiger partial charge in [0.25, 0.3) is 0 Å². The molecule has 2 N–H and O–H groups in total. The fourth-order valence-electron chi connectivity index (χ4n) is 1.80. The summed E-state index contributed by atoms with van der Waals surface area (Å²) >= 11 is 0. The van der Waals surface area contributed by atoms with Gasteiger partial charge in [-0.05, 0) is 12.1 Å². The van der Waals surface area contributed by atoms with E-state index in [1.807, 2.05) is 0 Å². The minimum absolute atomic E-state index is 0.118. The van der Waals surface area contributed by atoms with Crippen molar-refractivity contribution in [3.8, 4) is 5.75 Å². The maximum atomic E-state index is 11.1. The SMILES string of the molecule is COC(=O)COc1cccc(N(CCC(=O)O)CCC(=O)O)c1. The summed E-state index contributed by atoms with van der Waals surface area (Å²) in [6, 6.07) is 6.65. The number of aliphatic carboxylic acids is 2. The van der Waals surface area contributed by atoms with E-state index < -0.39 is 17.9 Å². The first-order chi connectivity index (χ1) is 10.9. The first-order valence-electron chi connectivity index (χ1n) is 6.90. The Morgan fingerprint density at radius 1 is 1.09 bits per heavy atom. The summed E-state index contributed by atoms with van der Waals surface area (Å²) in [6.45, 7) is 0.0936. The second-order valence-electron chi connectivity index (χ2n) is 4.64. The number of rotatable bonds is 10. The number of ether oxygens (including phenoxy) is 2. The van der Waals surface area contributed by atoms with Gasteiger partial charge in [-0.3, -0.25) is 9.59 Å². The maximum absolute atomic E-state index is 11.1. The van der Waals surface area contributed by atoms with Gasteiger partial charge in [0.15, 0.2) is 6.61 Å². The minimum Gasteiger partial charge on any atom is -0.482 e. The fraction of sp³-hybridized carbons (Fsp3) is 0.400. The quantitative estimate of drug-likeness (QED) is 0.612. The average molecular weight is 325 g/mol. The number of carboxylic acids is 2. The number of hydrogen-bond donors (Lipinski definition) is 2. The van der Waals surface area contributed by atoms with Crippen LogP contribution in [-0.2, 0) is 19.1 Å². The number of carboxylic acid groups (broad SMARTS) is 2. The molecule has 0 spiro atoms. The molecule has 0 radical (unpaired) electrons. The van der Waals surface area contributed by atoms with Gasteiger partial charge in [-0.15, -0.1) is 0 Å². The topological polar surface area (TPSA) is 113 Å². The molecule has 8 heteroatoms. The highest BCUT2D eigenvalue weighted by Crippen LogP contribution is 2.22. The predicted molar refractivity (Wildman–Crippen MR) is 80.7 cm³/mol. The molecule has 1 aromatic carbocycles. The van der Waals surface area contributed by atoms with Crippen molar-refractivity contribution in [1.29, 1.82) is 0 Å². The molecule has 0 aliphatic carbocycles. The number of benzene rings is 1. The lowest BCUT2D eigenvalue weighted by molar-refractivity contribution is -0.143. The summed E-state index contributed by atoms with van der Waals surface area (Å²) in [5.74, 6) is -2.06. The van der Waals surface area contributed by atoms with Crippen molar-refractivity contribution in [3.05, 3.63) is 24.3 Å². The normalized spacial score (nSPS) is 9.96. The summed E-state index contributed by atoms with van der Waals surface area (Å²) in [5.41, 5.74) is 0.620. The van der Waals surface area contributed by atoms with E-state index in [9.17, 15) is 14.4 Å². The highest BCUT2D eigenvalue weighted by atomic mass is 16.6. The molecule has 0 heterocycles. The molecule has 0 unspecified atom stereocenters. The van der Waals surface area contributed by atoms with Crippen LogP contribution >= 0.6 is 0 Å². The third-order valence-electron chi connectivity index (χ3n) is 2.96. The number of anilines is 1. The molecular formula is C15H19NO7. The van der Waals surface area contributed by atoms with E-state index in [1.165, 1.54) is 7.11 Å². The first kappa shape index (κ1) is 18.3. The third kappa shape index (κ3) is 7.16. The number of esters is 1. The Balaban J connectivity index is 2.80. The molecule has 0 amide bonds. The second kappa shape index (κ2) is 9.29. The van der Waals surface area contributed by atoms with E-state index in [4.69, 9.17) is 14.9 Å². The minimum atomic E-state index is -0.969. The fourth-order valence-corrected chi connectivity index (χ4v) is 1.80. The Labute approximate surface area is 133 Å². The van der Waals surface area contributed by atoms with Crippen LogP contribution in [0.4, 0.5) is 5.69 Å². The van der Waals surface area contributed by atoms with Gasteiger partial charge in [0.05, 0.1) is 20.0 Å². The number of nitrogens with zero attached hydrogens (tertiary/aromatic N) is 1. The molecule has 1 rings (SSSR count). The Bertz CT molecular complexity index is 541. The Kier molecular flexibility index (Phi) is 7.38. The van der Waals surface area contributed by atoms with Gasteiger partial charge in [-0.2, -0.15) is 0 Å². The Morgan fingerprint density at radius 2 is 1.70 bits per heavy atom. The average Bonchev–Trinajstić information content (AvgIpc) is 2.52. The Morgan fingerprint density at radius 3 is 2.22 bits per heavy atom. The summed E-state index contributed by atoms with van der Waals surface area (Å²) < 4.78 is 9.74. The van der Waals surface area contributed by atoms with Crippen LogP contribution in [0.25, 0.3) is 0 Å². The molecule has 0 saturated carbocycles. The van der Waals surface area contributed by atoms with E-state index in [1.54, 1.807) is 29.2 Å². The van der Waals surface area contributed by atoms with Crippen molar-refractivity contribution in [3.63, 3.8) is 0 Å².